The SMILES string of the molecule is CC(C)Oc1ccc(-c2nc(C(=O)Nc3cccc(-c4noc(=O)[nH]4)c3)cs2)cc1. The van der Waals surface area contributed by atoms with Crippen LogP contribution in [0.2, 0.25) is 0 Å². The number of hydrogen-bond donors (Lipinski definition) is 2. The molecule has 9 heteroatoms. The van der Waals surface area contributed by atoms with E-state index in [2.05, 4.69) is 25.0 Å². The highest BCUT2D eigenvalue weighted by atomic mass is 32.1. The molecule has 0 spiro atoms. The Morgan fingerprint density at radius 1 is 1.17 bits per heavy atom. The third-order valence-corrected chi connectivity index (χ3v) is 4.94. The Morgan fingerprint density at radius 3 is 2.67 bits per heavy atom. The Labute approximate surface area is 175 Å². The molecule has 4 aromatic rings. The first-order valence-corrected chi connectivity index (χ1v) is 10.1. The zero-order chi connectivity index (χ0) is 21.1. The fourth-order valence-corrected chi connectivity index (χ4v) is 3.56. The first-order chi connectivity index (χ1) is 14.5. The van der Waals surface area contributed by atoms with E-state index in [-0.39, 0.29) is 17.8 Å². The fourth-order valence-electron chi connectivity index (χ4n) is 2.75. The van der Waals surface area contributed by atoms with Gasteiger partial charge in [-0.05, 0) is 50.2 Å². The molecule has 8 nitrogen and oxygen atoms in total. The summed E-state index contributed by atoms with van der Waals surface area (Å²) in [6, 6.07) is 14.5. The number of aromatic nitrogens is 3. The lowest BCUT2D eigenvalue weighted by molar-refractivity contribution is 0.102. The second kappa shape index (κ2) is 8.34. The number of H-pyrrole nitrogens is 1. The van der Waals surface area contributed by atoms with Crippen molar-refractivity contribution in [2.24, 2.45) is 0 Å². The Morgan fingerprint density at radius 2 is 1.97 bits per heavy atom. The van der Waals surface area contributed by atoms with Gasteiger partial charge in [-0.3, -0.25) is 14.3 Å². The number of rotatable bonds is 6. The minimum Gasteiger partial charge on any atom is -0.491 e. The summed E-state index contributed by atoms with van der Waals surface area (Å²) < 4.78 is 10.2. The van der Waals surface area contributed by atoms with Gasteiger partial charge in [0.05, 0.1) is 6.10 Å². The maximum Gasteiger partial charge on any atom is 0.439 e. The Kier molecular flexibility index (Phi) is 5.44. The van der Waals surface area contributed by atoms with Crippen LogP contribution < -0.4 is 15.8 Å². The number of carbonyl (C=O) groups excluding carboxylic acids is 1. The van der Waals surface area contributed by atoms with Crippen molar-refractivity contribution in [3.05, 3.63) is 70.2 Å². The van der Waals surface area contributed by atoms with Crippen LogP contribution in [0.1, 0.15) is 24.3 Å². The van der Waals surface area contributed by atoms with Gasteiger partial charge < -0.3 is 10.1 Å². The van der Waals surface area contributed by atoms with Gasteiger partial charge in [0.1, 0.15) is 16.5 Å². The second-order valence-electron chi connectivity index (χ2n) is 6.71. The summed E-state index contributed by atoms with van der Waals surface area (Å²) in [4.78, 5) is 30.7. The summed E-state index contributed by atoms with van der Waals surface area (Å²) in [6.07, 6.45) is 0.106. The van der Waals surface area contributed by atoms with Crippen molar-refractivity contribution in [1.82, 2.24) is 15.1 Å². The highest BCUT2D eigenvalue weighted by Gasteiger charge is 2.13. The quantitative estimate of drug-likeness (QED) is 0.482. The van der Waals surface area contributed by atoms with Crippen LogP contribution in [0, 0.1) is 0 Å². The highest BCUT2D eigenvalue weighted by Crippen LogP contribution is 2.27. The lowest BCUT2D eigenvalue weighted by Crippen LogP contribution is -2.12. The van der Waals surface area contributed by atoms with E-state index in [1.807, 2.05) is 38.1 Å². The molecule has 0 aliphatic carbocycles. The average molecular weight is 422 g/mol. The first kappa shape index (κ1) is 19.6. The van der Waals surface area contributed by atoms with Gasteiger partial charge in [-0.25, -0.2) is 9.78 Å². The van der Waals surface area contributed by atoms with Crippen LogP contribution in [-0.4, -0.2) is 27.1 Å². The summed E-state index contributed by atoms with van der Waals surface area (Å²) in [5, 5.41) is 8.90. The maximum atomic E-state index is 12.6. The summed E-state index contributed by atoms with van der Waals surface area (Å²) >= 11 is 1.39. The minimum absolute atomic E-state index is 0.106. The maximum absolute atomic E-state index is 12.6. The van der Waals surface area contributed by atoms with Gasteiger partial charge in [0.2, 0.25) is 0 Å². The molecule has 0 bridgehead atoms. The van der Waals surface area contributed by atoms with Gasteiger partial charge in [-0.15, -0.1) is 11.3 Å². The van der Waals surface area contributed by atoms with E-state index >= 15 is 0 Å². The van der Waals surface area contributed by atoms with Crippen LogP contribution in [0.15, 0.2) is 63.2 Å². The molecular formula is C21H18N4O4S. The molecule has 4 rings (SSSR count). The average Bonchev–Trinajstić information content (AvgIpc) is 3.38. The number of ether oxygens (including phenoxy) is 1. The summed E-state index contributed by atoms with van der Waals surface area (Å²) in [5.41, 5.74) is 2.39. The van der Waals surface area contributed by atoms with E-state index in [0.29, 0.717) is 16.9 Å². The normalized spacial score (nSPS) is 10.9. The number of anilines is 1. The van der Waals surface area contributed by atoms with Gasteiger partial charge in [0.15, 0.2) is 5.82 Å². The molecule has 0 saturated heterocycles. The largest absolute Gasteiger partial charge is 0.491 e. The second-order valence-corrected chi connectivity index (χ2v) is 7.57. The van der Waals surface area contributed by atoms with E-state index in [0.717, 1.165) is 16.3 Å². The standard InChI is InChI=1S/C21H18N4O4S/c1-12(2)28-16-8-6-13(7-9-16)20-23-17(11-30-20)19(26)22-15-5-3-4-14(10-15)18-24-21(27)29-25-18/h3-12H,1-2H3,(H,22,26)(H,24,25,27). The van der Waals surface area contributed by atoms with Crippen molar-refractivity contribution >= 4 is 22.9 Å². The molecule has 30 heavy (non-hydrogen) atoms. The number of nitrogens with zero attached hydrogens (tertiary/aromatic N) is 2. The fraction of sp³-hybridized carbons (Fsp3) is 0.143. The zero-order valence-electron chi connectivity index (χ0n) is 16.2. The van der Waals surface area contributed by atoms with Crippen molar-refractivity contribution in [1.29, 1.82) is 0 Å². The van der Waals surface area contributed by atoms with E-state index in [1.54, 1.807) is 29.6 Å². The number of hydrogen-bond acceptors (Lipinski definition) is 7. The Balaban J connectivity index is 1.47. The Bertz CT molecular complexity index is 1220. The predicted octanol–water partition coefficient (Wildman–Crippen LogP) is 4.19. The van der Waals surface area contributed by atoms with Gasteiger partial charge >= 0.3 is 5.76 Å². The smallest absolute Gasteiger partial charge is 0.439 e. The molecule has 2 heterocycles. The van der Waals surface area contributed by atoms with Crippen LogP contribution >= 0.6 is 11.3 Å². The third kappa shape index (κ3) is 4.47. The van der Waals surface area contributed by atoms with Gasteiger partial charge in [-0.2, -0.15) is 0 Å². The van der Waals surface area contributed by atoms with E-state index in [1.165, 1.54) is 11.3 Å². The van der Waals surface area contributed by atoms with Crippen LogP contribution in [0.5, 0.6) is 5.75 Å². The lowest BCUT2D eigenvalue weighted by Gasteiger charge is -2.09. The first-order valence-electron chi connectivity index (χ1n) is 9.18. The van der Waals surface area contributed by atoms with Crippen LogP contribution in [-0.2, 0) is 0 Å². The molecule has 152 valence electrons. The molecule has 0 fully saturated rings. The monoisotopic (exact) mass is 422 g/mol. The molecule has 0 radical (unpaired) electrons. The molecule has 2 aromatic heterocycles. The van der Waals surface area contributed by atoms with Crippen molar-refractivity contribution in [3.8, 4) is 27.7 Å². The van der Waals surface area contributed by atoms with Crippen LogP contribution in [0.4, 0.5) is 5.69 Å². The molecular weight excluding hydrogens is 404 g/mol. The lowest BCUT2D eigenvalue weighted by atomic mass is 10.2. The highest BCUT2D eigenvalue weighted by molar-refractivity contribution is 7.13. The van der Waals surface area contributed by atoms with Crippen LogP contribution in [0.25, 0.3) is 22.0 Å². The number of thiazole rings is 1. The number of amides is 1. The number of benzene rings is 2. The number of aromatic amines is 1. The van der Waals surface area contributed by atoms with Crippen molar-refractivity contribution in [3.63, 3.8) is 0 Å². The minimum atomic E-state index is -0.641. The van der Waals surface area contributed by atoms with Gasteiger partial charge in [0, 0.05) is 22.2 Å². The molecule has 0 unspecified atom stereocenters. The molecule has 2 N–H and O–H groups in total. The topological polar surface area (TPSA) is 110 Å². The zero-order valence-corrected chi connectivity index (χ0v) is 17.0. The Hall–Kier alpha value is -3.72. The molecule has 0 aliphatic heterocycles. The number of carbonyl (C=O) groups is 1. The van der Waals surface area contributed by atoms with Gasteiger partial charge in [-0.1, -0.05) is 17.3 Å². The van der Waals surface area contributed by atoms with Crippen molar-refractivity contribution in [2.45, 2.75) is 20.0 Å². The molecule has 2 aromatic carbocycles. The molecule has 0 saturated carbocycles. The third-order valence-electron chi connectivity index (χ3n) is 4.04. The van der Waals surface area contributed by atoms with Crippen molar-refractivity contribution < 1.29 is 14.1 Å². The summed E-state index contributed by atoms with van der Waals surface area (Å²) in [6.45, 7) is 3.95. The summed E-state index contributed by atoms with van der Waals surface area (Å²) in [7, 11) is 0. The van der Waals surface area contributed by atoms with Crippen LogP contribution in [0.3, 0.4) is 0 Å². The predicted molar refractivity (Wildman–Crippen MR) is 114 cm³/mol. The van der Waals surface area contributed by atoms with Gasteiger partial charge in [0.25, 0.3) is 5.91 Å². The summed E-state index contributed by atoms with van der Waals surface area (Å²) in [5.74, 6) is 0.106. The molecule has 0 atom stereocenters. The van der Waals surface area contributed by atoms with Crippen molar-refractivity contribution in [2.75, 3.05) is 5.32 Å². The van der Waals surface area contributed by atoms with E-state index in [4.69, 9.17) is 4.74 Å². The molecule has 0 aliphatic rings. The van der Waals surface area contributed by atoms with E-state index < -0.39 is 5.76 Å². The number of nitrogens with one attached hydrogen (secondary N) is 2. The molecule has 1 amide bonds. The van der Waals surface area contributed by atoms with E-state index in [9.17, 15) is 9.59 Å².